The van der Waals surface area contributed by atoms with Crippen LogP contribution in [0.1, 0.15) is 38.1 Å². The molecule has 1 heterocycles. The molecule has 0 aromatic carbocycles. The molecule has 1 unspecified atom stereocenters. The molecule has 0 bridgehead atoms. The maximum absolute atomic E-state index is 4.49. The molecule has 0 radical (unpaired) electrons. The summed E-state index contributed by atoms with van der Waals surface area (Å²) in [5.74, 6) is 1.56. The summed E-state index contributed by atoms with van der Waals surface area (Å²) in [5, 5.41) is 11.3. The standard InChI is InChI=1S/C18H36N6/c1-14(2)11-17(23(6)7)13-21-18(19-5)20-9-8-10-24-16(4)12-15(3)22-24/h12,14,17H,8-11,13H2,1-7H3,(H2,19,20,21). The first-order valence-electron chi connectivity index (χ1n) is 8.95. The van der Waals surface area contributed by atoms with E-state index in [0.717, 1.165) is 37.7 Å². The van der Waals surface area contributed by atoms with Gasteiger partial charge in [-0.2, -0.15) is 5.10 Å². The Morgan fingerprint density at radius 3 is 2.50 bits per heavy atom. The molecule has 0 aliphatic carbocycles. The van der Waals surface area contributed by atoms with Gasteiger partial charge in [-0.15, -0.1) is 0 Å². The first-order valence-corrected chi connectivity index (χ1v) is 8.95. The first kappa shape index (κ1) is 20.5. The Kier molecular flexibility index (Phi) is 8.82. The third-order valence-electron chi connectivity index (χ3n) is 4.15. The Balaban J connectivity index is 2.33. The number of aryl methyl sites for hydroxylation is 3. The van der Waals surface area contributed by atoms with Crippen molar-refractivity contribution in [2.75, 3.05) is 34.2 Å². The number of guanidine groups is 1. The Morgan fingerprint density at radius 1 is 1.29 bits per heavy atom. The number of rotatable bonds is 9. The number of likely N-dealkylation sites (N-methyl/N-ethyl adjacent to an activating group) is 1. The van der Waals surface area contributed by atoms with Crippen molar-refractivity contribution >= 4 is 5.96 Å². The van der Waals surface area contributed by atoms with Gasteiger partial charge in [-0.05, 0) is 52.8 Å². The average Bonchev–Trinajstić information content (AvgIpc) is 2.82. The molecule has 1 atom stereocenters. The minimum absolute atomic E-state index is 0.512. The van der Waals surface area contributed by atoms with Crippen molar-refractivity contribution in [1.82, 2.24) is 25.3 Å². The van der Waals surface area contributed by atoms with Crippen LogP contribution in [0, 0.1) is 19.8 Å². The zero-order chi connectivity index (χ0) is 18.1. The van der Waals surface area contributed by atoms with Crippen LogP contribution in [0.3, 0.4) is 0 Å². The van der Waals surface area contributed by atoms with Gasteiger partial charge in [-0.25, -0.2) is 0 Å². The van der Waals surface area contributed by atoms with Crippen LogP contribution in [0.15, 0.2) is 11.1 Å². The van der Waals surface area contributed by atoms with Gasteiger partial charge in [-0.1, -0.05) is 13.8 Å². The van der Waals surface area contributed by atoms with E-state index in [1.165, 1.54) is 12.1 Å². The van der Waals surface area contributed by atoms with Gasteiger partial charge >= 0.3 is 0 Å². The SMILES string of the molecule is CN=C(NCCCn1nc(C)cc1C)NCC(CC(C)C)N(C)C. The fourth-order valence-electron chi connectivity index (χ4n) is 2.79. The predicted octanol–water partition coefficient (Wildman–Crippen LogP) is 2.03. The van der Waals surface area contributed by atoms with Crippen molar-refractivity contribution < 1.29 is 0 Å². The van der Waals surface area contributed by atoms with E-state index < -0.39 is 0 Å². The maximum Gasteiger partial charge on any atom is 0.191 e. The highest BCUT2D eigenvalue weighted by Crippen LogP contribution is 2.08. The molecule has 0 amide bonds. The van der Waals surface area contributed by atoms with Crippen LogP contribution in [0.25, 0.3) is 0 Å². The number of nitrogens with zero attached hydrogens (tertiary/aromatic N) is 4. The summed E-state index contributed by atoms with van der Waals surface area (Å²) in [6, 6.07) is 2.63. The smallest absolute Gasteiger partial charge is 0.191 e. The van der Waals surface area contributed by atoms with Crippen molar-refractivity contribution in [3.05, 3.63) is 17.5 Å². The summed E-state index contributed by atoms with van der Waals surface area (Å²) in [4.78, 5) is 6.60. The molecule has 0 saturated heterocycles. The fraction of sp³-hybridized carbons (Fsp3) is 0.778. The zero-order valence-corrected chi connectivity index (χ0v) is 16.6. The molecule has 0 spiro atoms. The van der Waals surface area contributed by atoms with Crippen LogP contribution in [-0.2, 0) is 6.54 Å². The highest BCUT2D eigenvalue weighted by atomic mass is 15.3. The number of aromatic nitrogens is 2. The minimum Gasteiger partial charge on any atom is -0.356 e. The van der Waals surface area contributed by atoms with Gasteiger partial charge in [0.2, 0.25) is 0 Å². The maximum atomic E-state index is 4.49. The third-order valence-corrected chi connectivity index (χ3v) is 4.15. The van der Waals surface area contributed by atoms with Crippen molar-refractivity contribution in [2.24, 2.45) is 10.9 Å². The van der Waals surface area contributed by atoms with Crippen molar-refractivity contribution in [3.8, 4) is 0 Å². The topological polar surface area (TPSA) is 57.5 Å². The van der Waals surface area contributed by atoms with Gasteiger partial charge in [-0.3, -0.25) is 9.67 Å². The minimum atomic E-state index is 0.512. The van der Waals surface area contributed by atoms with E-state index in [1.807, 2.05) is 14.0 Å². The number of aliphatic imine (C=N–C) groups is 1. The van der Waals surface area contributed by atoms with E-state index in [-0.39, 0.29) is 0 Å². The van der Waals surface area contributed by atoms with Crippen molar-refractivity contribution in [2.45, 2.75) is 53.1 Å². The molecule has 0 fully saturated rings. The average molecular weight is 337 g/mol. The quantitative estimate of drug-likeness (QED) is 0.412. The van der Waals surface area contributed by atoms with Crippen LogP contribution in [0.2, 0.25) is 0 Å². The molecule has 1 aromatic heterocycles. The highest BCUT2D eigenvalue weighted by molar-refractivity contribution is 5.79. The summed E-state index contributed by atoms with van der Waals surface area (Å²) in [6.07, 6.45) is 2.20. The van der Waals surface area contributed by atoms with Crippen LogP contribution in [-0.4, -0.2) is 60.9 Å². The normalized spacial score (nSPS) is 13.6. The largest absolute Gasteiger partial charge is 0.356 e. The van der Waals surface area contributed by atoms with Crippen LogP contribution in [0.5, 0.6) is 0 Å². The summed E-state index contributed by atoms with van der Waals surface area (Å²) in [5.41, 5.74) is 2.30. The first-order chi connectivity index (χ1) is 11.3. The van der Waals surface area contributed by atoms with E-state index in [2.05, 4.69) is 71.2 Å². The van der Waals surface area contributed by atoms with Gasteiger partial charge in [0.05, 0.1) is 5.69 Å². The second-order valence-corrected chi connectivity index (χ2v) is 7.13. The summed E-state index contributed by atoms with van der Waals surface area (Å²) >= 11 is 0. The molecule has 0 saturated carbocycles. The van der Waals surface area contributed by atoms with Gasteiger partial charge < -0.3 is 15.5 Å². The Morgan fingerprint density at radius 2 is 2.00 bits per heavy atom. The molecule has 0 aliphatic heterocycles. The summed E-state index contributed by atoms with van der Waals surface area (Å²) in [6.45, 7) is 11.4. The molecule has 2 N–H and O–H groups in total. The van der Waals surface area contributed by atoms with Crippen LogP contribution in [0.4, 0.5) is 0 Å². The number of hydrogen-bond acceptors (Lipinski definition) is 3. The monoisotopic (exact) mass is 336 g/mol. The molecule has 0 aliphatic rings. The Bertz CT molecular complexity index is 504. The third kappa shape index (κ3) is 7.34. The fourth-order valence-corrected chi connectivity index (χ4v) is 2.79. The molecular weight excluding hydrogens is 300 g/mol. The molecule has 6 nitrogen and oxygen atoms in total. The zero-order valence-electron chi connectivity index (χ0n) is 16.6. The molecule has 1 rings (SSSR count). The van der Waals surface area contributed by atoms with Crippen LogP contribution >= 0.6 is 0 Å². The number of hydrogen-bond donors (Lipinski definition) is 2. The lowest BCUT2D eigenvalue weighted by molar-refractivity contribution is 0.254. The van der Waals surface area contributed by atoms with Gasteiger partial charge in [0, 0.05) is 38.4 Å². The predicted molar refractivity (Wildman–Crippen MR) is 103 cm³/mol. The lowest BCUT2D eigenvalue weighted by atomic mass is 10.0. The second kappa shape index (κ2) is 10.3. The van der Waals surface area contributed by atoms with Crippen molar-refractivity contribution in [1.29, 1.82) is 0 Å². The second-order valence-electron chi connectivity index (χ2n) is 7.13. The Labute approximate surface area is 147 Å². The molecule has 1 aromatic rings. The van der Waals surface area contributed by atoms with Crippen LogP contribution < -0.4 is 10.6 Å². The lowest BCUT2D eigenvalue weighted by Crippen LogP contribution is -2.45. The molecular formula is C18H36N6. The van der Waals surface area contributed by atoms with Gasteiger partial charge in [0.25, 0.3) is 0 Å². The van der Waals surface area contributed by atoms with E-state index >= 15 is 0 Å². The molecule has 24 heavy (non-hydrogen) atoms. The molecule has 138 valence electrons. The summed E-state index contributed by atoms with van der Waals surface area (Å²) < 4.78 is 2.07. The van der Waals surface area contributed by atoms with E-state index in [9.17, 15) is 0 Å². The van der Waals surface area contributed by atoms with Gasteiger partial charge in [0.15, 0.2) is 5.96 Å². The van der Waals surface area contributed by atoms with Gasteiger partial charge in [0.1, 0.15) is 0 Å². The summed E-state index contributed by atoms with van der Waals surface area (Å²) in [7, 11) is 6.10. The van der Waals surface area contributed by atoms with E-state index in [4.69, 9.17) is 0 Å². The number of nitrogens with one attached hydrogen (secondary N) is 2. The van der Waals surface area contributed by atoms with E-state index in [1.54, 1.807) is 0 Å². The van der Waals surface area contributed by atoms with Crippen molar-refractivity contribution in [3.63, 3.8) is 0 Å². The lowest BCUT2D eigenvalue weighted by Gasteiger charge is -2.27. The highest BCUT2D eigenvalue weighted by Gasteiger charge is 2.13. The Hall–Kier alpha value is -1.56. The molecule has 6 heteroatoms. The van der Waals surface area contributed by atoms with E-state index in [0.29, 0.717) is 12.0 Å².